The monoisotopic (exact) mass is 780 g/mol. The molecule has 4 aliphatic heterocycles. The lowest BCUT2D eigenvalue weighted by Gasteiger charge is -2.65. The highest BCUT2D eigenvalue weighted by Crippen LogP contribution is 2.70. The number of esters is 1. The van der Waals surface area contributed by atoms with Gasteiger partial charge in [0.2, 0.25) is 0 Å². The molecule has 0 radical (unpaired) electrons. The lowest BCUT2D eigenvalue weighted by molar-refractivity contribution is -0.336. The number of hydrogen-bond donors (Lipinski definition) is 6. The number of cyclic esters (lactones) is 1. The summed E-state index contributed by atoms with van der Waals surface area (Å²) < 4.78 is 42.1. The van der Waals surface area contributed by atoms with Crippen LogP contribution in [-0.2, 0) is 38.0 Å². The van der Waals surface area contributed by atoms with Crippen LogP contribution in [0, 0.1) is 34.5 Å². The molecule has 0 spiro atoms. The number of ether oxygens (including phenoxy) is 7. The van der Waals surface area contributed by atoms with Crippen LogP contribution in [0.2, 0.25) is 0 Å². The first-order valence-corrected chi connectivity index (χ1v) is 20.9. The van der Waals surface area contributed by atoms with E-state index in [0.717, 1.165) is 44.1 Å². The molecule has 0 aromatic rings. The van der Waals surface area contributed by atoms with E-state index in [1.165, 1.54) is 0 Å². The largest absolute Gasteiger partial charge is 0.458 e. The van der Waals surface area contributed by atoms with Gasteiger partial charge in [-0.25, -0.2) is 4.79 Å². The molecule has 8 aliphatic rings. The zero-order valence-electron chi connectivity index (χ0n) is 32.9. The van der Waals surface area contributed by atoms with Crippen LogP contribution in [-0.4, -0.2) is 135 Å². The summed E-state index contributed by atoms with van der Waals surface area (Å²) in [6.07, 6.45) is -1.51. The molecule has 14 nitrogen and oxygen atoms in total. The number of aliphatic hydroxyl groups excluding tert-OH is 5. The van der Waals surface area contributed by atoms with Crippen molar-refractivity contribution in [3.05, 3.63) is 11.6 Å². The molecular formula is C41H64O14. The maximum atomic E-state index is 12.6. The Labute approximate surface area is 323 Å². The van der Waals surface area contributed by atoms with Gasteiger partial charge in [-0.1, -0.05) is 13.8 Å². The van der Waals surface area contributed by atoms with Gasteiger partial charge < -0.3 is 63.8 Å². The SMILES string of the molecule is C[C@H]1O[C@@H](O[C@@H]2[C@@H](O)C[C@H](O[C@@H]3[C@@H](O)C[C@@H](O[C@H]4CC[C@@]5(C)[C@H](CC[C@@H]6[C@@H]5C[C@@H](O)[C@]5(C)C(C7=CC(=O)OC7)CC[C@]65O)C4)O[C@@H]3C)O[C@@H]2C)C[C@H](O)[C@H]1O. The van der Waals surface area contributed by atoms with E-state index in [1.54, 1.807) is 19.9 Å². The number of aliphatic hydroxyl groups is 6. The molecule has 55 heavy (non-hydrogen) atoms. The van der Waals surface area contributed by atoms with E-state index in [1.807, 2.05) is 13.8 Å². The minimum absolute atomic E-state index is 0.0452. The fraction of sp³-hybridized carbons (Fsp3) is 0.927. The summed E-state index contributed by atoms with van der Waals surface area (Å²) in [6.45, 7) is 9.90. The average molecular weight is 781 g/mol. The summed E-state index contributed by atoms with van der Waals surface area (Å²) in [5.41, 5.74) is -0.892. The van der Waals surface area contributed by atoms with Crippen molar-refractivity contribution in [3.8, 4) is 0 Å². The predicted molar refractivity (Wildman–Crippen MR) is 193 cm³/mol. The summed E-state index contributed by atoms with van der Waals surface area (Å²) in [7, 11) is 0. The quantitative estimate of drug-likeness (QED) is 0.162. The molecular weight excluding hydrogens is 716 g/mol. The second kappa shape index (κ2) is 15.1. The molecule has 4 aliphatic carbocycles. The average Bonchev–Trinajstić information content (AvgIpc) is 3.67. The van der Waals surface area contributed by atoms with Crippen LogP contribution in [0.3, 0.4) is 0 Å². The van der Waals surface area contributed by atoms with E-state index in [9.17, 15) is 35.4 Å². The normalized spacial score (nSPS) is 55.5. The Morgan fingerprint density at radius 3 is 1.87 bits per heavy atom. The lowest BCUT2D eigenvalue weighted by Crippen LogP contribution is -2.67. The maximum Gasteiger partial charge on any atom is 0.331 e. The molecule has 3 saturated heterocycles. The van der Waals surface area contributed by atoms with Crippen molar-refractivity contribution >= 4 is 5.97 Å². The minimum atomic E-state index is -1.01. The third-order valence-corrected chi connectivity index (χ3v) is 16.0. The Kier molecular flexibility index (Phi) is 11.1. The third-order valence-electron chi connectivity index (χ3n) is 16.0. The molecule has 0 aromatic heterocycles. The molecule has 4 saturated carbocycles. The van der Waals surface area contributed by atoms with E-state index < -0.39 is 90.9 Å². The third kappa shape index (κ3) is 6.95. The Bertz CT molecular complexity index is 1410. The topological polar surface area (TPSA) is 203 Å². The smallest absolute Gasteiger partial charge is 0.331 e. The van der Waals surface area contributed by atoms with Gasteiger partial charge in [0, 0.05) is 30.8 Å². The number of carbonyl (C=O) groups excluding carboxylic acids is 1. The molecule has 21 atom stereocenters. The lowest BCUT2D eigenvalue weighted by atomic mass is 9.42. The van der Waals surface area contributed by atoms with Gasteiger partial charge in [0.25, 0.3) is 0 Å². The van der Waals surface area contributed by atoms with Gasteiger partial charge in [-0.05, 0) is 107 Å². The molecule has 312 valence electrons. The first-order valence-electron chi connectivity index (χ1n) is 20.9. The summed E-state index contributed by atoms with van der Waals surface area (Å²) in [6, 6.07) is 0. The van der Waals surface area contributed by atoms with Crippen molar-refractivity contribution in [2.24, 2.45) is 34.5 Å². The Hall–Kier alpha value is -1.27. The molecule has 14 heteroatoms. The molecule has 0 amide bonds. The molecule has 1 unspecified atom stereocenters. The first-order chi connectivity index (χ1) is 26.0. The molecule has 0 bridgehead atoms. The standard InChI is InChI=1S/C41H64O14/c1-19-36(47)28(42)15-34(50-19)54-38-21(3)52-35(17-30(38)44)55-37-20(2)51-33(16-29(37)43)53-24-8-10-39(4)23(13-24)6-7-26-27(39)14-31(45)40(5)25(9-11-41(26,40)48)22-12-32(46)49-18-22/h12,19-21,23-31,33-38,42-45,47-48H,6-11,13-18H2,1-5H3/t19-,20-,21-,23-,24+,25?,26-,27+,28+,29+,30+,31-,33-,34+,35+,36+,37+,38+,39+,40+,41+/m1/s1. The highest BCUT2D eigenvalue weighted by Gasteiger charge is 2.71. The van der Waals surface area contributed by atoms with Crippen molar-refractivity contribution in [2.45, 2.75) is 197 Å². The highest BCUT2D eigenvalue weighted by molar-refractivity contribution is 5.85. The van der Waals surface area contributed by atoms with Gasteiger partial charge in [-0.2, -0.15) is 0 Å². The van der Waals surface area contributed by atoms with Crippen molar-refractivity contribution in [3.63, 3.8) is 0 Å². The van der Waals surface area contributed by atoms with Crippen LogP contribution in [0.5, 0.6) is 0 Å². The second-order valence-corrected chi connectivity index (χ2v) is 18.8. The highest BCUT2D eigenvalue weighted by atomic mass is 16.7. The van der Waals surface area contributed by atoms with Crippen molar-refractivity contribution in [1.29, 1.82) is 0 Å². The van der Waals surface area contributed by atoms with E-state index in [2.05, 4.69) is 6.92 Å². The Morgan fingerprint density at radius 1 is 0.691 bits per heavy atom. The van der Waals surface area contributed by atoms with Gasteiger partial charge in [0.1, 0.15) is 24.9 Å². The van der Waals surface area contributed by atoms with E-state index in [0.29, 0.717) is 18.8 Å². The van der Waals surface area contributed by atoms with Crippen LogP contribution in [0.4, 0.5) is 0 Å². The van der Waals surface area contributed by atoms with Gasteiger partial charge in [-0.3, -0.25) is 0 Å². The van der Waals surface area contributed by atoms with E-state index in [4.69, 9.17) is 33.2 Å². The molecule has 6 N–H and O–H groups in total. The molecule has 8 rings (SSSR count). The Balaban J connectivity index is 0.837. The zero-order valence-corrected chi connectivity index (χ0v) is 32.9. The summed E-state index contributed by atoms with van der Waals surface area (Å²) in [4.78, 5) is 11.9. The van der Waals surface area contributed by atoms with Gasteiger partial charge >= 0.3 is 5.97 Å². The van der Waals surface area contributed by atoms with Crippen LogP contribution in [0.1, 0.15) is 105 Å². The fourth-order valence-corrected chi connectivity index (χ4v) is 12.8. The molecule has 4 heterocycles. The maximum absolute atomic E-state index is 12.6. The summed E-state index contributed by atoms with van der Waals surface area (Å²) in [5, 5.41) is 66.9. The fourth-order valence-electron chi connectivity index (χ4n) is 12.8. The first kappa shape index (κ1) is 40.5. The van der Waals surface area contributed by atoms with Crippen LogP contribution < -0.4 is 0 Å². The molecule has 0 aromatic carbocycles. The van der Waals surface area contributed by atoms with Gasteiger partial charge in [0.05, 0.1) is 54.4 Å². The zero-order chi connectivity index (χ0) is 39.2. The van der Waals surface area contributed by atoms with Gasteiger partial charge in [0.15, 0.2) is 18.9 Å². The predicted octanol–water partition coefficient (Wildman–Crippen LogP) is 2.22. The van der Waals surface area contributed by atoms with Crippen molar-refractivity contribution < 1.29 is 68.6 Å². The van der Waals surface area contributed by atoms with Gasteiger partial charge in [-0.15, -0.1) is 0 Å². The molecule has 7 fully saturated rings. The van der Waals surface area contributed by atoms with Crippen molar-refractivity contribution in [1.82, 2.24) is 0 Å². The second-order valence-electron chi connectivity index (χ2n) is 18.8. The summed E-state index contributed by atoms with van der Waals surface area (Å²) in [5.74, 6) is 0.204. The number of carbonyl (C=O) groups is 1. The van der Waals surface area contributed by atoms with E-state index >= 15 is 0 Å². The van der Waals surface area contributed by atoms with Crippen LogP contribution in [0.15, 0.2) is 11.6 Å². The number of fused-ring (bicyclic) bond motifs is 5. The Morgan fingerprint density at radius 2 is 1.29 bits per heavy atom. The van der Waals surface area contributed by atoms with Crippen molar-refractivity contribution in [2.75, 3.05) is 6.61 Å². The summed E-state index contributed by atoms with van der Waals surface area (Å²) >= 11 is 0. The van der Waals surface area contributed by atoms with Crippen LogP contribution in [0.25, 0.3) is 0 Å². The van der Waals surface area contributed by atoms with Crippen LogP contribution >= 0.6 is 0 Å². The van der Waals surface area contributed by atoms with E-state index in [-0.39, 0.29) is 61.1 Å². The minimum Gasteiger partial charge on any atom is -0.458 e. The number of hydrogen-bond acceptors (Lipinski definition) is 14. The number of rotatable bonds is 7.